The van der Waals surface area contributed by atoms with Crippen molar-refractivity contribution in [2.24, 2.45) is 0 Å². The van der Waals surface area contributed by atoms with E-state index in [2.05, 4.69) is 9.97 Å². The first-order chi connectivity index (χ1) is 11.7. The van der Waals surface area contributed by atoms with Crippen molar-refractivity contribution in [3.8, 4) is 5.88 Å². The SMILES string of the molecule is COCCn1c(S(=O)(=O)Cc2c(C)cc(C)nc2OC)nc(C)c1C. The summed E-state index contributed by atoms with van der Waals surface area (Å²) in [4.78, 5) is 8.58. The van der Waals surface area contributed by atoms with Gasteiger partial charge in [-0.3, -0.25) is 0 Å². The van der Waals surface area contributed by atoms with Crippen LogP contribution in [0.1, 0.15) is 28.2 Å². The Kier molecular flexibility index (Phi) is 5.84. The smallest absolute Gasteiger partial charge is 0.228 e. The quantitative estimate of drug-likeness (QED) is 0.745. The monoisotopic (exact) mass is 367 g/mol. The van der Waals surface area contributed by atoms with Crippen LogP contribution in [-0.2, 0) is 26.9 Å². The number of rotatable bonds is 7. The highest BCUT2D eigenvalue weighted by atomic mass is 32.2. The molecule has 2 rings (SSSR count). The van der Waals surface area contributed by atoms with Crippen LogP contribution in [0.5, 0.6) is 5.88 Å². The molecule has 0 aliphatic heterocycles. The van der Waals surface area contributed by atoms with Crippen LogP contribution in [0.4, 0.5) is 0 Å². The van der Waals surface area contributed by atoms with Crippen LogP contribution in [-0.4, -0.2) is 43.8 Å². The Hall–Kier alpha value is -1.93. The lowest BCUT2D eigenvalue weighted by molar-refractivity contribution is 0.184. The van der Waals surface area contributed by atoms with E-state index in [0.29, 0.717) is 30.3 Å². The molecule has 2 aromatic rings. The van der Waals surface area contributed by atoms with Gasteiger partial charge in [0.15, 0.2) is 0 Å². The summed E-state index contributed by atoms with van der Waals surface area (Å²) < 4.78 is 38.2. The molecule has 2 aromatic heterocycles. The fourth-order valence-electron chi connectivity index (χ4n) is 2.73. The molecular weight excluding hydrogens is 342 g/mol. The van der Waals surface area contributed by atoms with Crippen LogP contribution in [0.15, 0.2) is 11.2 Å². The number of hydrogen-bond donors (Lipinski definition) is 0. The molecule has 0 amide bonds. The number of imidazole rings is 1. The number of aryl methyl sites for hydroxylation is 3. The molecule has 0 fully saturated rings. The lowest BCUT2D eigenvalue weighted by Crippen LogP contribution is -2.17. The fraction of sp³-hybridized carbons (Fsp3) is 0.529. The normalized spacial score (nSPS) is 11.8. The molecule has 8 heteroatoms. The number of hydrogen-bond acceptors (Lipinski definition) is 6. The summed E-state index contributed by atoms with van der Waals surface area (Å²) in [5, 5.41) is 0.0570. The van der Waals surface area contributed by atoms with E-state index in [4.69, 9.17) is 9.47 Å². The van der Waals surface area contributed by atoms with Crippen molar-refractivity contribution >= 4 is 9.84 Å². The number of nitrogens with zero attached hydrogens (tertiary/aromatic N) is 3. The molecule has 0 aromatic carbocycles. The van der Waals surface area contributed by atoms with Gasteiger partial charge in [0.1, 0.15) is 0 Å². The molecule has 0 aliphatic carbocycles. The molecule has 25 heavy (non-hydrogen) atoms. The van der Waals surface area contributed by atoms with Gasteiger partial charge < -0.3 is 14.0 Å². The van der Waals surface area contributed by atoms with Gasteiger partial charge in [-0.2, -0.15) is 0 Å². The summed E-state index contributed by atoms with van der Waals surface area (Å²) in [6.07, 6.45) is 0. The van der Waals surface area contributed by atoms with E-state index in [1.807, 2.05) is 26.8 Å². The van der Waals surface area contributed by atoms with Crippen LogP contribution in [0.2, 0.25) is 0 Å². The Labute approximate surface area is 148 Å². The number of pyridine rings is 1. The third-order valence-electron chi connectivity index (χ3n) is 4.19. The average Bonchev–Trinajstić information content (AvgIpc) is 2.83. The van der Waals surface area contributed by atoms with E-state index in [1.54, 1.807) is 18.6 Å². The molecule has 0 aliphatic rings. The van der Waals surface area contributed by atoms with E-state index in [1.165, 1.54) is 7.11 Å². The minimum absolute atomic E-state index is 0.0570. The third-order valence-corrected chi connectivity index (χ3v) is 5.72. The second-order valence-electron chi connectivity index (χ2n) is 6.04. The Morgan fingerprint density at radius 2 is 1.80 bits per heavy atom. The summed E-state index contributed by atoms with van der Waals surface area (Å²) in [5.41, 5.74) is 3.69. The average molecular weight is 367 g/mol. The van der Waals surface area contributed by atoms with Crippen LogP contribution in [0.25, 0.3) is 0 Å². The van der Waals surface area contributed by atoms with Gasteiger partial charge in [-0.05, 0) is 39.3 Å². The topological polar surface area (TPSA) is 83.3 Å². The zero-order valence-electron chi connectivity index (χ0n) is 15.6. The number of sulfone groups is 1. The zero-order chi connectivity index (χ0) is 18.8. The summed E-state index contributed by atoms with van der Waals surface area (Å²) in [6.45, 7) is 8.20. The molecule has 0 atom stereocenters. The molecule has 0 N–H and O–H groups in total. The molecule has 2 heterocycles. The summed E-state index contributed by atoms with van der Waals surface area (Å²) >= 11 is 0. The molecule has 0 saturated heterocycles. The Morgan fingerprint density at radius 1 is 1.12 bits per heavy atom. The van der Waals surface area contributed by atoms with Crippen molar-refractivity contribution in [2.75, 3.05) is 20.8 Å². The van der Waals surface area contributed by atoms with Crippen molar-refractivity contribution in [2.45, 2.75) is 45.1 Å². The lowest BCUT2D eigenvalue weighted by Gasteiger charge is -2.13. The van der Waals surface area contributed by atoms with Gasteiger partial charge in [-0.15, -0.1) is 0 Å². The lowest BCUT2D eigenvalue weighted by atomic mass is 10.1. The second kappa shape index (κ2) is 7.53. The largest absolute Gasteiger partial charge is 0.481 e. The molecule has 0 bridgehead atoms. The molecule has 0 saturated carbocycles. The van der Waals surface area contributed by atoms with Gasteiger partial charge in [0.2, 0.25) is 20.9 Å². The number of ether oxygens (including phenoxy) is 2. The predicted octanol–water partition coefficient (Wildman–Crippen LogP) is 2.14. The number of methoxy groups -OCH3 is 2. The first-order valence-corrected chi connectivity index (χ1v) is 9.63. The molecule has 138 valence electrons. The first-order valence-electron chi connectivity index (χ1n) is 7.97. The van der Waals surface area contributed by atoms with Crippen LogP contribution in [0.3, 0.4) is 0 Å². The van der Waals surface area contributed by atoms with Crippen molar-refractivity contribution < 1.29 is 17.9 Å². The van der Waals surface area contributed by atoms with Crippen molar-refractivity contribution in [1.82, 2.24) is 14.5 Å². The van der Waals surface area contributed by atoms with E-state index in [9.17, 15) is 8.42 Å². The fourth-order valence-corrected chi connectivity index (χ4v) is 4.44. The standard InChI is InChI=1S/C17H25N3O4S/c1-11-9-12(2)18-16(24-6)15(11)10-25(21,22)17-19-13(3)14(4)20(17)7-8-23-5/h9H,7-8,10H2,1-6H3. The van der Waals surface area contributed by atoms with Gasteiger partial charge >= 0.3 is 0 Å². The zero-order valence-corrected chi connectivity index (χ0v) is 16.4. The van der Waals surface area contributed by atoms with Gasteiger partial charge in [-0.25, -0.2) is 18.4 Å². The van der Waals surface area contributed by atoms with E-state index < -0.39 is 9.84 Å². The Bertz CT molecular complexity index is 873. The van der Waals surface area contributed by atoms with Crippen molar-refractivity contribution in [3.05, 3.63) is 34.3 Å². The minimum atomic E-state index is -3.67. The van der Waals surface area contributed by atoms with Gasteiger partial charge in [0.25, 0.3) is 0 Å². The van der Waals surface area contributed by atoms with E-state index in [0.717, 1.165) is 17.0 Å². The molecular formula is C17H25N3O4S. The maximum Gasteiger partial charge on any atom is 0.228 e. The molecule has 0 radical (unpaired) electrons. The van der Waals surface area contributed by atoms with Gasteiger partial charge in [0.05, 0.1) is 25.2 Å². The number of aromatic nitrogens is 3. The predicted molar refractivity (Wildman–Crippen MR) is 94.7 cm³/mol. The van der Waals surface area contributed by atoms with Crippen LogP contribution in [0, 0.1) is 27.7 Å². The molecule has 0 unspecified atom stereocenters. The van der Waals surface area contributed by atoms with E-state index in [-0.39, 0.29) is 10.9 Å². The Balaban J connectivity index is 2.50. The first kappa shape index (κ1) is 19.4. The highest BCUT2D eigenvalue weighted by Crippen LogP contribution is 2.26. The maximum absolute atomic E-state index is 13.0. The Morgan fingerprint density at radius 3 is 2.40 bits per heavy atom. The molecule has 0 spiro atoms. The minimum Gasteiger partial charge on any atom is -0.481 e. The highest BCUT2D eigenvalue weighted by molar-refractivity contribution is 7.90. The maximum atomic E-state index is 13.0. The summed E-state index contributed by atoms with van der Waals surface area (Å²) in [5.74, 6) is 0.127. The highest BCUT2D eigenvalue weighted by Gasteiger charge is 2.27. The van der Waals surface area contributed by atoms with Crippen molar-refractivity contribution in [1.29, 1.82) is 0 Å². The van der Waals surface area contributed by atoms with Crippen molar-refractivity contribution in [3.63, 3.8) is 0 Å². The van der Waals surface area contributed by atoms with Crippen LogP contribution >= 0.6 is 0 Å². The van der Waals surface area contributed by atoms with E-state index >= 15 is 0 Å². The van der Waals surface area contributed by atoms with Gasteiger partial charge in [-0.1, -0.05) is 0 Å². The van der Waals surface area contributed by atoms with Gasteiger partial charge in [0, 0.05) is 30.6 Å². The summed E-state index contributed by atoms with van der Waals surface area (Å²) in [6, 6.07) is 1.85. The summed E-state index contributed by atoms with van der Waals surface area (Å²) in [7, 11) is -0.594. The second-order valence-corrected chi connectivity index (χ2v) is 7.92. The van der Waals surface area contributed by atoms with Crippen LogP contribution < -0.4 is 4.74 Å². The third kappa shape index (κ3) is 4.01. The molecule has 7 nitrogen and oxygen atoms in total.